The molecule has 1 aromatic heterocycles. The summed E-state index contributed by atoms with van der Waals surface area (Å²) in [4.78, 5) is 0. The van der Waals surface area contributed by atoms with E-state index in [2.05, 4.69) is 14.1 Å². The van der Waals surface area contributed by atoms with E-state index in [1.807, 2.05) is 0 Å². The van der Waals surface area contributed by atoms with E-state index in [0.717, 1.165) is 24.7 Å². The highest BCUT2D eigenvalue weighted by atomic mass is 32.1. The second kappa shape index (κ2) is 10.2. The molecule has 1 rings (SSSR count). The van der Waals surface area contributed by atoms with Crippen molar-refractivity contribution in [2.45, 2.75) is 12.5 Å². The minimum atomic E-state index is -0.579. The zero-order valence-electron chi connectivity index (χ0n) is 10.1. The molecule has 1 aromatic rings. The minimum Gasteiger partial charge on any atom is -0.473 e. The highest BCUT2D eigenvalue weighted by Gasteiger charge is 2.05. The summed E-state index contributed by atoms with van der Waals surface area (Å²) in [5.74, 6) is 0.441. The molecule has 0 aliphatic rings. The first kappa shape index (κ1) is 15.3. The van der Waals surface area contributed by atoms with E-state index in [9.17, 15) is 5.11 Å². The summed E-state index contributed by atoms with van der Waals surface area (Å²) in [6.07, 6.45) is 1.78. The molecule has 0 radical (unpaired) electrons. The maximum atomic E-state index is 9.59. The lowest BCUT2D eigenvalue weighted by Crippen LogP contribution is -2.32. The topological polar surface area (TPSA) is 96.7 Å². The lowest BCUT2D eigenvalue weighted by molar-refractivity contribution is 0.0872. The fourth-order valence-corrected chi connectivity index (χ4v) is 1.56. The second-order valence-corrected chi connectivity index (χ2v) is 4.16. The first-order chi connectivity index (χ1) is 8.83. The summed E-state index contributed by atoms with van der Waals surface area (Å²) in [5.41, 5.74) is 0. The largest absolute Gasteiger partial charge is 0.473 e. The maximum Gasteiger partial charge on any atom is 0.245 e. The van der Waals surface area contributed by atoms with Gasteiger partial charge in [0.2, 0.25) is 5.88 Å². The quantitative estimate of drug-likeness (QED) is 0.459. The summed E-state index contributed by atoms with van der Waals surface area (Å²) in [7, 11) is 0. The van der Waals surface area contributed by atoms with Gasteiger partial charge in [-0.1, -0.05) is 0 Å². The van der Waals surface area contributed by atoms with Crippen molar-refractivity contribution in [2.75, 3.05) is 39.5 Å². The number of nitrogens with one attached hydrogen (secondary N) is 1. The first-order valence-electron chi connectivity index (χ1n) is 5.80. The molecule has 1 heterocycles. The molecule has 104 valence electrons. The molecule has 1 atom stereocenters. The van der Waals surface area contributed by atoms with E-state index >= 15 is 0 Å². The number of rotatable bonds is 11. The van der Waals surface area contributed by atoms with Gasteiger partial charge in [0.1, 0.15) is 18.9 Å². The van der Waals surface area contributed by atoms with Crippen molar-refractivity contribution >= 4 is 11.7 Å². The number of aliphatic hydroxyl groups is 2. The molecule has 0 saturated heterocycles. The Balaban J connectivity index is 1.89. The van der Waals surface area contributed by atoms with Crippen LogP contribution in [0.3, 0.4) is 0 Å². The molecule has 18 heavy (non-hydrogen) atoms. The standard InChI is InChI=1S/C10H19N3O4S/c14-3-5-16-4-1-2-11-6-9(15)8-17-10-7-12-18-13-10/h7,9,11,14-15H,1-6,8H2. The van der Waals surface area contributed by atoms with Crippen molar-refractivity contribution in [1.29, 1.82) is 0 Å². The van der Waals surface area contributed by atoms with Crippen molar-refractivity contribution in [3.05, 3.63) is 6.20 Å². The monoisotopic (exact) mass is 277 g/mol. The molecule has 3 N–H and O–H groups in total. The molecule has 1 unspecified atom stereocenters. The smallest absolute Gasteiger partial charge is 0.245 e. The summed E-state index contributed by atoms with van der Waals surface area (Å²) >= 11 is 1.07. The van der Waals surface area contributed by atoms with Crippen molar-refractivity contribution in [2.24, 2.45) is 0 Å². The molecule has 0 spiro atoms. The normalized spacial score (nSPS) is 12.6. The minimum absolute atomic E-state index is 0.0506. The third-order valence-electron chi connectivity index (χ3n) is 2.02. The van der Waals surface area contributed by atoms with Crippen molar-refractivity contribution in [3.63, 3.8) is 0 Å². The van der Waals surface area contributed by atoms with Gasteiger partial charge in [0.15, 0.2) is 0 Å². The molecule has 0 amide bonds. The highest BCUT2D eigenvalue weighted by molar-refractivity contribution is 6.99. The van der Waals surface area contributed by atoms with Gasteiger partial charge in [-0.2, -0.15) is 4.37 Å². The molecule has 8 heteroatoms. The van der Waals surface area contributed by atoms with Crippen LogP contribution in [0.25, 0.3) is 0 Å². The SMILES string of the molecule is OCCOCCCNCC(O)COc1cnsn1. The average Bonchev–Trinajstić information content (AvgIpc) is 2.88. The fraction of sp³-hybridized carbons (Fsp3) is 0.800. The van der Waals surface area contributed by atoms with Gasteiger partial charge in [0.25, 0.3) is 0 Å². The van der Waals surface area contributed by atoms with Crippen LogP contribution in [0, 0.1) is 0 Å². The molecule has 0 fully saturated rings. The second-order valence-electron chi connectivity index (χ2n) is 3.60. The highest BCUT2D eigenvalue weighted by Crippen LogP contribution is 2.04. The van der Waals surface area contributed by atoms with Crippen LogP contribution in [-0.4, -0.2) is 64.6 Å². The van der Waals surface area contributed by atoms with Gasteiger partial charge in [0, 0.05) is 13.2 Å². The fourth-order valence-electron chi connectivity index (χ4n) is 1.19. The van der Waals surface area contributed by atoms with Crippen LogP contribution in [0.5, 0.6) is 5.88 Å². The molecular formula is C10H19N3O4S. The Morgan fingerprint density at radius 1 is 1.44 bits per heavy atom. The Hall–Kier alpha value is -0.800. The first-order valence-corrected chi connectivity index (χ1v) is 6.53. The van der Waals surface area contributed by atoms with Gasteiger partial charge < -0.3 is 25.0 Å². The Labute approximate surface area is 110 Å². The molecule has 7 nitrogen and oxygen atoms in total. The van der Waals surface area contributed by atoms with E-state index in [1.54, 1.807) is 0 Å². The van der Waals surface area contributed by atoms with Gasteiger partial charge in [-0.05, 0) is 13.0 Å². The van der Waals surface area contributed by atoms with Crippen LogP contribution in [0.1, 0.15) is 6.42 Å². The lowest BCUT2D eigenvalue weighted by atomic mass is 10.3. The molecule has 0 bridgehead atoms. The Morgan fingerprint density at radius 2 is 2.33 bits per heavy atom. The molecular weight excluding hydrogens is 258 g/mol. The van der Waals surface area contributed by atoms with Crippen LogP contribution in [0.4, 0.5) is 0 Å². The number of hydrogen-bond acceptors (Lipinski definition) is 8. The molecule has 0 aliphatic carbocycles. The van der Waals surface area contributed by atoms with Gasteiger partial charge in [-0.3, -0.25) is 0 Å². The number of aromatic nitrogens is 2. The predicted octanol–water partition coefficient (Wildman–Crippen LogP) is -0.734. The van der Waals surface area contributed by atoms with Crippen LogP contribution >= 0.6 is 11.7 Å². The van der Waals surface area contributed by atoms with Crippen molar-refractivity contribution < 1.29 is 19.7 Å². The van der Waals surface area contributed by atoms with Crippen LogP contribution in [0.15, 0.2) is 6.20 Å². The van der Waals surface area contributed by atoms with E-state index in [4.69, 9.17) is 14.6 Å². The maximum absolute atomic E-state index is 9.59. The summed E-state index contributed by atoms with van der Waals surface area (Å²) in [6.45, 7) is 2.43. The van der Waals surface area contributed by atoms with Gasteiger partial charge in [0.05, 0.1) is 24.9 Å². The molecule has 0 aromatic carbocycles. The number of aliphatic hydroxyl groups excluding tert-OH is 2. The van der Waals surface area contributed by atoms with E-state index in [0.29, 0.717) is 25.6 Å². The molecule has 0 aliphatic heterocycles. The summed E-state index contributed by atoms with van der Waals surface area (Å²) in [5, 5.41) is 21.2. The van der Waals surface area contributed by atoms with Crippen molar-refractivity contribution in [3.8, 4) is 5.88 Å². The van der Waals surface area contributed by atoms with E-state index in [1.165, 1.54) is 6.20 Å². The Morgan fingerprint density at radius 3 is 3.06 bits per heavy atom. The van der Waals surface area contributed by atoms with E-state index in [-0.39, 0.29) is 13.2 Å². The summed E-state index contributed by atoms with van der Waals surface area (Å²) < 4.78 is 18.0. The Kier molecular flexibility index (Phi) is 8.61. The molecule has 0 saturated carbocycles. The third kappa shape index (κ3) is 7.51. The number of ether oxygens (including phenoxy) is 2. The summed E-state index contributed by atoms with van der Waals surface area (Å²) in [6, 6.07) is 0. The number of nitrogens with zero attached hydrogens (tertiary/aromatic N) is 2. The van der Waals surface area contributed by atoms with Gasteiger partial charge in [-0.15, -0.1) is 4.37 Å². The zero-order valence-corrected chi connectivity index (χ0v) is 10.9. The van der Waals surface area contributed by atoms with Gasteiger partial charge >= 0.3 is 0 Å². The van der Waals surface area contributed by atoms with Gasteiger partial charge in [-0.25, -0.2) is 0 Å². The third-order valence-corrected chi connectivity index (χ3v) is 2.48. The van der Waals surface area contributed by atoms with Crippen molar-refractivity contribution in [1.82, 2.24) is 14.1 Å². The van der Waals surface area contributed by atoms with E-state index < -0.39 is 6.10 Å². The van der Waals surface area contributed by atoms with Crippen LogP contribution < -0.4 is 10.1 Å². The number of hydrogen-bond donors (Lipinski definition) is 3. The zero-order chi connectivity index (χ0) is 13.1. The lowest BCUT2D eigenvalue weighted by Gasteiger charge is -2.11. The Bertz CT molecular complexity index is 287. The van der Waals surface area contributed by atoms with Crippen LogP contribution in [0.2, 0.25) is 0 Å². The predicted molar refractivity (Wildman–Crippen MR) is 66.8 cm³/mol. The van der Waals surface area contributed by atoms with Crippen LogP contribution in [-0.2, 0) is 4.74 Å². The average molecular weight is 277 g/mol.